The van der Waals surface area contributed by atoms with Gasteiger partial charge in [-0.15, -0.1) is 30.4 Å². The maximum Gasteiger partial charge on any atom is 0.407 e. The molecule has 21 heavy (non-hydrogen) atoms. The summed E-state index contributed by atoms with van der Waals surface area (Å²) in [5.74, 6) is 3.17. The summed E-state index contributed by atoms with van der Waals surface area (Å²) in [6.45, 7) is 9.79. The highest BCUT2D eigenvalue weighted by Gasteiger charge is 2.15. The molecule has 0 saturated heterocycles. The Labute approximate surface area is 144 Å². The molecule has 0 bridgehead atoms. The van der Waals surface area contributed by atoms with Gasteiger partial charge in [-0.25, -0.2) is 4.79 Å². The minimum Gasteiger partial charge on any atom is -0.444 e. The molecule has 0 rings (SSSR count). The van der Waals surface area contributed by atoms with Crippen molar-refractivity contribution < 1.29 is 9.53 Å². The van der Waals surface area contributed by atoms with E-state index in [1.54, 1.807) is 0 Å². The standard InChI is InChI=1S/C14H26N4O2.HI/c1-6-9-16-12(15-7-2)17-10-8-11-18-13(19)20-14(3,4)5;/h1H,7-11H2,2-5H3,(H,18,19)(H2,15,16,17);1H. The molecule has 0 heterocycles. The number of hydrogen-bond donors (Lipinski definition) is 3. The van der Waals surface area contributed by atoms with Gasteiger partial charge < -0.3 is 20.7 Å². The Morgan fingerprint density at radius 2 is 1.95 bits per heavy atom. The average Bonchev–Trinajstić information content (AvgIpc) is 2.33. The number of carbonyl (C=O) groups excluding carboxylic acids is 1. The number of aliphatic imine (C=N–C) groups is 1. The van der Waals surface area contributed by atoms with Crippen molar-refractivity contribution in [1.29, 1.82) is 0 Å². The van der Waals surface area contributed by atoms with Crippen LogP contribution in [0.25, 0.3) is 0 Å². The molecule has 0 aliphatic heterocycles. The highest BCUT2D eigenvalue weighted by molar-refractivity contribution is 14.0. The van der Waals surface area contributed by atoms with Gasteiger partial charge in [-0.05, 0) is 34.1 Å². The van der Waals surface area contributed by atoms with Crippen LogP contribution in [-0.4, -0.2) is 43.8 Å². The molecule has 0 spiro atoms. The number of halogens is 1. The minimum atomic E-state index is -0.473. The zero-order chi connectivity index (χ0) is 15.4. The van der Waals surface area contributed by atoms with E-state index in [1.807, 2.05) is 27.7 Å². The zero-order valence-electron chi connectivity index (χ0n) is 13.3. The summed E-state index contributed by atoms with van der Waals surface area (Å²) in [5, 5.41) is 8.76. The third-order valence-corrected chi connectivity index (χ3v) is 1.98. The first kappa shape index (κ1) is 22.1. The summed E-state index contributed by atoms with van der Waals surface area (Å²) in [7, 11) is 0. The van der Waals surface area contributed by atoms with Crippen molar-refractivity contribution in [3.05, 3.63) is 0 Å². The van der Waals surface area contributed by atoms with Crippen molar-refractivity contribution in [2.45, 2.75) is 39.7 Å². The van der Waals surface area contributed by atoms with E-state index < -0.39 is 11.7 Å². The number of alkyl carbamates (subject to hydrolysis) is 1. The van der Waals surface area contributed by atoms with Gasteiger partial charge in [-0.3, -0.25) is 4.99 Å². The van der Waals surface area contributed by atoms with Crippen LogP contribution in [0.3, 0.4) is 0 Å². The van der Waals surface area contributed by atoms with E-state index in [2.05, 4.69) is 26.9 Å². The van der Waals surface area contributed by atoms with Crippen molar-refractivity contribution in [3.63, 3.8) is 0 Å². The van der Waals surface area contributed by atoms with E-state index in [9.17, 15) is 4.79 Å². The zero-order valence-corrected chi connectivity index (χ0v) is 15.6. The van der Waals surface area contributed by atoms with Crippen molar-refractivity contribution in [2.75, 3.05) is 26.2 Å². The molecular formula is C14H27IN4O2. The van der Waals surface area contributed by atoms with Crippen molar-refractivity contribution in [1.82, 2.24) is 16.0 Å². The van der Waals surface area contributed by atoms with Crippen molar-refractivity contribution in [2.24, 2.45) is 4.99 Å². The quantitative estimate of drug-likeness (QED) is 0.205. The second-order valence-corrected chi connectivity index (χ2v) is 5.10. The number of ether oxygens (including phenoxy) is 1. The van der Waals surface area contributed by atoms with Crippen LogP contribution in [-0.2, 0) is 4.74 Å². The molecule has 0 aromatic rings. The van der Waals surface area contributed by atoms with E-state index in [4.69, 9.17) is 11.2 Å². The van der Waals surface area contributed by atoms with Gasteiger partial charge in [0.2, 0.25) is 0 Å². The Morgan fingerprint density at radius 1 is 1.29 bits per heavy atom. The fourth-order valence-electron chi connectivity index (χ4n) is 1.25. The molecule has 0 fully saturated rings. The summed E-state index contributed by atoms with van der Waals surface area (Å²) in [5.41, 5.74) is -0.473. The Kier molecular flexibility index (Phi) is 13.2. The number of terminal acetylenes is 1. The Bertz CT molecular complexity index is 359. The molecule has 6 nitrogen and oxygen atoms in total. The van der Waals surface area contributed by atoms with Gasteiger partial charge in [0.05, 0.1) is 6.54 Å². The molecule has 3 N–H and O–H groups in total. The lowest BCUT2D eigenvalue weighted by molar-refractivity contribution is 0.0527. The molecule has 0 unspecified atom stereocenters. The van der Waals surface area contributed by atoms with Gasteiger partial charge in [-0.2, -0.15) is 0 Å². The fraction of sp³-hybridized carbons (Fsp3) is 0.714. The first-order valence-corrected chi connectivity index (χ1v) is 6.81. The highest BCUT2D eigenvalue weighted by atomic mass is 127. The van der Waals surface area contributed by atoms with Gasteiger partial charge in [0, 0.05) is 19.6 Å². The van der Waals surface area contributed by atoms with Crippen LogP contribution in [0.1, 0.15) is 34.1 Å². The summed E-state index contributed by atoms with van der Waals surface area (Å²) in [6, 6.07) is 0. The molecule has 1 amide bonds. The van der Waals surface area contributed by atoms with Crippen molar-refractivity contribution >= 4 is 36.0 Å². The van der Waals surface area contributed by atoms with Gasteiger partial charge in [0.1, 0.15) is 5.60 Å². The summed E-state index contributed by atoms with van der Waals surface area (Å²) in [4.78, 5) is 15.7. The Balaban J connectivity index is 0. The maximum atomic E-state index is 11.4. The predicted octanol–water partition coefficient (Wildman–Crippen LogP) is 1.71. The number of carbonyl (C=O) groups is 1. The monoisotopic (exact) mass is 410 g/mol. The topological polar surface area (TPSA) is 74.8 Å². The first-order valence-electron chi connectivity index (χ1n) is 6.81. The van der Waals surface area contributed by atoms with E-state index in [1.165, 1.54) is 0 Å². The lowest BCUT2D eigenvalue weighted by Gasteiger charge is -2.19. The van der Waals surface area contributed by atoms with Gasteiger partial charge >= 0.3 is 6.09 Å². The molecule has 0 atom stereocenters. The third-order valence-electron chi connectivity index (χ3n) is 1.98. The first-order chi connectivity index (χ1) is 9.39. The number of hydrogen-bond acceptors (Lipinski definition) is 3. The minimum absolute atomic E-state index is 0. The lowest BCUT2D eigenvalue weighted by atomic mass is 10.2. The fourth-order valence-corrected chi connectivity index (χ4v) is 1.25. The highest BCUT2D eigenvalue weighted by Crippen LogP contribution is 2.06. The number of rotatable bonds is 6. The molecule has 7 heteroatoms. The number of guanidine groups is 1. The maximum absolute atomic E-state index is 11.4. The van der Waals surface area contributed by atoms with E-state index in [-0.39, 0.29) is 24.0 Å². The van der Waals surface area contributed by atoms with Crippen LogP contribution in [0, 0.1) is 12.3 Å². The van der Waals surface area contributed by atoms with Gasteiger partial charge in [0.25, 0.3) is 0 Å². The second-order valence-electron chi connectivity index (χ2n) is 5.10. The summed E-state index contributed by atoms with van der Waals surface area (Å²) in [6.07, 6.45) is 5.50. The number of nitrogens with one attached hydrogen (secondary N) is 3. The predicted molar refractivity (Wildman–Crippen MR) is 97.1 cm³/mol. The van der Waals surface area contributed by atoms with Crippen LogP contribution >= 0.6 is 24.0 Å². The second kappa shape index (κ2) is 12.6. The van der Waals surface area contributed by atoms with Gasteiger partial charge in [-0.1, -0.05) is 5.92 Å². The normalized spacial score (nSPS) is 10.9. The van der Waals surface area contributed by atoms with E-state index in [0.29, 0.717) is 25.6 Å². The van der Waals surface area contributed by atoms with Crippen molar-refractivity contribution in [3.8, 4) is 12.3 Å². The summed E-state index contributed by atoms with van der Waals surface area (Å²) < 4.78 is 5.12. The van der Waals surface area contributed by atoms with E-state index >= 15 is 0 Å². The Morgan fingerprint density at radius 3 is 2.48 bits per heavy atom. The average molecular weight is 410 g/mol. The van der Waals surface area contributed by atoms with E-state index in [0.717, 1.165) is 13.0 Å². The molecule has 0 aliphatic rings. The molecule has 122 valence electrons. The van der Waals surface area contributed by atoms with Crippen LogP contribution in [0.4, 0.5) is 4.79 Å². The van der Waals surface area contributed by atoms with Crippen LogP contribution < -0.4 is 16.0 Å². The van der Waals surface area contributed by atoms with Crippen LogP contribution in [0.5, 0.6) is 0 Å². The molecular weight excluding hydrogens is 383 g/mol. The van der Waals surface area contributed by atoms with Crippen LogP contribution in [0.2, 0.25) is 0 Å². The third kappa shape index (κ3) is 15.0. The molecule has 0 saturated carbocycles. The molecule has 0 aromatic heterocycles. The lowest BCUT2D eigenvalue weighted by Crippen LogP contribution is -2.37. The molecule has 0 aromatic carbocycles. The van der Waals surface area contributed by atoms with Crippen LogP contribution in [0.15, 0.2) is 4.99 Å². The largest absolute Gasteiger partial charge is 0.444 e. The molecule has 0 aliphatic carbocycles. The molecule has 0 radical (unpaired) electrons. The number of nitrogens with zero attached hydrogens (tertiary/aromatic N) is 1. The SMILES string of the molecule is C#CCNC(=NCCCNC(=O)OC(C)(C)C)NCC.I. The Hall–Kier alpha value is -1.17. The van der Waals surface area contributed by atoms with Gasteiger partial charge in [0.15, 0.2) is 5.96 Å². The number of amides is 1. The smallest absolute Gasteiger partial charge is 0.407 e. The summed E-state index contributed by atoms with van der Waals surface area (Å²) >= 11 is 0.